The van der Waals surface area contributed by atoms with Crippen LogP contribution >= 0.6 is 15.9 Å². The summed E-state index contributed by atoms with van der Waals surface area (Å²) in [5.41, 5.74) is 1.47. The van der Waals surface area contributed by atoms with Crippen molar-refractivity contribution >= 4 is 31.7 Å². The number of ether oxygens (including phenoxy) is 1. The normalized spacial score (nSPS) is 22.8. The van der Waals surface area contributed by atoms with Gasteiger partial charge >= 0.3 is 0 Å². The lowest BCUT2D eigenvalue weighted by Crippen LogP contribution is -2.50. The quantitative estimate of drug-likeness (QED) is 0.696. The summed E-state index contributed by atoms with van der Waals surface area (Å²) in [6.07, 6.45) is 1.52. The van der Waals surface area contributed by atoms with Gasteiger partial charge in [0.1, 0.15) is 0 Å². The number of rotatable bonds is 4. The molecular weight excluding hydrogens is 460 g/mol. The third kappa shape index (κ3) is 3.64. The largest absolute Gasteiger partial charge is 0.395 e. The van der Waals surface area contributed by atoms with Crippen LogP contribution in [-0.4, -0.2) is 55.5 Å². The topological polar surface area (TPSA) is 99.4 Å². The zero-order chi connectivity index (χ0) is 20.6. The smallest absolute Gasteiger partial charge is 0.282 e. The third-order valence-electron chi connectivity index (χ3n) is 4.90. The number of allylic oxidation sites excluding steroid dienone is 1. The van der Waals surface area contributed by atoms with Crippen LogP contribution in [0.25, 0.3) is 0 Å². The number of β-amino-alcohol motifs (C(OH)–C–C–N with tert-alkyl or cyclic N) is 1. The number of hydrogen-bond acceptors (Lipinski definition) is 6. The molecule has 2 N–H and O–H groups in total. The lowest BCUT2D eigenvalue weighted by atomic mass is 9.86. The SMILES string of the molecule is O=S(=O)(N=C1C=C2N(CCO)CCO[C@]2(O)c2ccccc21)c1ccc(Br)cc1. The Bertz CT molecular complexity index is 1100. The Morgan fingerprint density at radius 3 is 2.62 bits per heavy atom. The summed E-state index contributed by atoms with van der Waals surface area (Å²) in [6, 6.07) is 13.1. The van der Waals surface area contributed by atoms with E-state index >= 15 is 0 Å². The summed E-state index contributed by atoms with van der Waals surface area (Å²) >= 11 is 3.29. The number of morpholine rings is 1. The molecule has 2 aliphatic rings. The molecule has 1 saturated heterocycles. The van der Waals surface area contributed by atoms with Crippen LogP contribution in [0.3, 0.4) is 0 Å². The summed E-state index contributed by atoms with van der Waals surface area (Å²) < 4.78 is 36.3. The first kappa shape index (κ1) is 20.2. The van der Waals surface area contributed by atoms with Crippen molar-refractivity contribution in [2.45, 2.75) is 10.7 Å². The van der Waals surface area contributed by atoms with E-state index in [1.165, 1.54) is 18.2 Å². The maximum absolute atomic E-state index is 12.9. The van der Waals surface area contributed by atoms with Gasteiger partial charge in [-0.05, 0) is 30.3 Å². The van der Waals surface area contributed by atoms with Crippen LogP contribution in [0, 0.1) is 0 Å². The molecule has 29 heavy (non-hydrogen) atoms. The second-order valence-corrected chi connectivity index (χ2v) is 9.20. The summed E-state index contributed by atoms with van der Waals surface area (Å²) in [4.78, 5) is 1.85. The number of hydrogen-bond donors (Lipinski definition) is 2. The van der Waals surface area contributed by atoms with Gasteiger partial charge < -0.3 is 19.8 Å². The van der Waals surface area contributed by atoms with Crippen LogP contribution in [0.5, 0.6) is 0 Å². The van der Waals surface area contributed by atoms with Crippen molar-refractivity contribution in [1.82, 2.24) is 4.90 Å². The summed E-state index contributed by atoms with van der Waals surface area (Å²) in [5.74, 6) is -1.72. The van der Waals surface area contributed by atoms with Crippen molar-refractivity contribution in [2.75, 3.05) is 26.3 Å². The highest BCUT2D eigenvalue weighted by Crippen LogP contribution is 2.41. The molecule has 1 aliphatic carbocycles. The van der Waals surface area contributed by atoms with Gasteiger partial charge in [0.05, 0.1) is 29.5 Å². The molecular formula is C20H19BrN2O5S. The van der Waals surface area contributed by atoms with Crippen LogP contribution in [0.2, 0.25) is 0 Å². The van der Waals surface area contributed by atoms with Gasteiger partial charge in [0.15, 0.2) is 0 Å². The van der Waals surface area contributed by atoms with E-state index in [2.05, 4.69) is 20.3 Å². The molecule has 0 spiro atoms. The minimum Gasteiger partial charge on any atom is -0.395 e. The van der Waals surface area contributed by atoms with Crippen molar-refractivity contribution in [1.29, 1.82) is 0 Å². The minimum absolute atomic E-state index is 0.0667. The zero-order valence-corrected chi connectivity index (χ0v) is 17.7. The molecule has 7 nitrogen and oxygen atoms in total. The zero-order valence-electron chi connectivity index (χ0n) is 15.3. The highest BCUT2D eigenvalue weighted by Gasteiger charge is 2.46. The second kappa shape index (κ2) is 7.66. The van der Waals surface area contributed by atoms with Crippen LogP contribution in [0.1, 0.15) is 11.1 Å². The fourth-order valence-electron chi connectivity index (χ4n) is 3.54. The van der Waals surface area contributed by atoms with Gasteiger partial charge in [0.25, 0.3) is 10.0 Å². The Balaban J connectivity index is 1.88. The molecule has 4 rings (SSSR count). The summed E-state index contributed by atoms with van der Waals surface area (Å²) in [7, 11) is -3.97. The molecule has 0 aromatic heterocycles. The van der Waals surface area contributed by atoms with Crippen LogP contribution in [-0.2, 0) is 20.5 Å². The molecule has 1 aliphatic heterocycles. The number of aliphatic hydroxyl groups is 2. The number of sulfonamides is 1. The molecule has 152 valence electrons. The maximum atomic E-state index is 12.9. The molecule has 0 bridgehead atoms. The Morgan fingerprint density at radius 2 is 1.90 bits per heavy atom. The molecule has 1 atom stereocenters. The first-order valence-electron chi connectivity index (χ1n) is 9.00. The molecule has 0 unspecified atom stereocenters. The van der Waals surface area contributed by atoms with Gasteiger partial charge in [0.2, 0.25) is 5.79 Å². The second-order valence-electron chi connectivity index (χ2n) is 6.68. The van der Waals surface area contributed by atoms with E-state index in [1.807, 2.05) is 0 Å². The van der Waals surface area contributed by atoms with Gasteiger partial charge in [-0.25, -0.2) is 0 Å². The van der Waals surface area contributed by atoms with Crippen LogP contribution < -0.4 is 0 Å². The van der Waals surface area contributed by atoms with Crippen molar-refractivity contribution in [3.05, 3.63) is 75.9 Å². The van der Waals surface area contributed by atoms with Gasteiger partial charge in [-0.2, -0.15) is 12.8 Å². The van der Waals surface area contributed by atoms with Crippen LogP contribution in [0.15, 0.2) is 74.1 Å². The van der Waals surface area contributed by atoms with E-state index in [-0.39, 0.29) is 30.4 Å². The molecule has 0 saturated carbocycles. The van der Waals surface area contributed by atoms with E-state index in [0.29, 0.717) is 23.4 Å². The Labute approximate surface area is 177 Å². The Hall–Kier alpha value is -2.04. The molecule has 9 heteroatoms. The minimum atomic E-state index is -3.97. The Morgan fingerprint density at radius 1 is 1.17 bits per heavy atom. The monoisotopic (exact) mass is 478 g/mol. The molecule has 0 amide bonds. The fourth-order valence-corrected chi connectivity index (χ4v) is 4.80. The van der Waals surface area contributed by atoms with E-state index in [9.17, 15) is 18.6 Å². The third-order valence-corrected chi connectivity index (χ3v) is 6.74. The van der Waals surface area contributed by atoms with E-state index in [0.717, 1.165) is 4.47 Å². The average molecular weight is 479 g/mol. The predicted octanol–water partition coefficient (Wildman–Crippen LogP) is 1.99. The summed E-state index contributed by atoms with van der Waals surface area (Å²) in [6.45, 7) is 0.903. The van der Waals surface area contributed by atoms with Crippen molar-refractivity contribution in [3.63, 3.8) is 0 Å². The van der Waals surface area contributed by atoms with Crippen molar-refractivity contribution in [2.24, 2.45) is 4.40 Å². The summed E-state index contributed by atoms with van der Waals surface area (Å²) in [5, 5.41) is 20.7. The lowest BCUT2D eigenvalue weighted by Gasteiger charge is -2.45. The van der Waals surface area contributed by atoms with Gasteiger partial charge in [-0.3, -0.25) is 0 Å². The molecule has 0 radical (unpaired) electrons. The van der Waals surface area contributed by atoms with E-state index in [1.54, 1.807) is 41.3 Å². The molecule has 2 aromatic rings. The molecule has 2 aromatic carbocycles. The lowest BCUT2D eigenvalue weighted by molar-refractivity contribution is -0.219. The average Bonchev–Trinajstić information content (AvgIpc) is 2.70. The predicted molar refractivity (Wildman–Crippen MR) is 111 cm³/mol. The molecule has 1 fully saturated rings. The highest BCUT2D eigenvalue weighted by atomic mass is 79.9. The number of halogens is 1. The number of benzene rings is 2. The van der Waals surface area contributed by atoms with Crippen molar-refractivity contribution < 1.29 is 23.4 Å². The number of aliphatic hydroxyl groups excluding tert-OH is 1. The first-order chi connectivity index (χ1) is 13.8. The number of fused-ring (bicyclic) bond motifs is 3. The Kier molecular flexibility index (Phi) is 5.34. The van der Waals surface area contributed by atoms with Gasteiger partial charge in [-0.15, -0.1) is 0 Å². The highest BCUT2D eigenvalue weighted by molar-refractivity contribution is 9.10. The van der Waals surface area contributed by atoms with Crippen LogP contribution in [0.4, 0.5) is 0 Å². The van der Waals surface area contributed by atoms with Gasteiger partial charge in [0, 0.05) is 28.7 Å². The first-order valence-corrected chi connectivity index (χ1v) is 11.2. The van der Waals surface area contributed by atoms with E-state index < -0.39 is 15.8 Å². The standard InChI is InChI=1S/C20H19BrN2O5S/c21-14-5-7-15(8-6-14)29(26,27)22-18-13-19-20(25,17-4-2-1-3-16(17)18)28-12-10-23(19)9-11-24/h1-8,13,24-25H,9-12H2/t20-/m1/s1. The fraction of sp³-hybridized carbons (Fsp3) is 0.250. The maximum Gasteiger partial charge on any atom is 0.282 e. The van der Waals surface area contributed by atoms with Crippen molar-refractivity contribution in [3.8, 4) is 0 Å². The molecule has 1 heterocycles. The van der Waals surface area contributed by atoms with E-state index in [4.69, 9.17) is 4.74 Å². The number of nitrogens with zero attached hydrogens (tertiary/aromatic N) is 2. The van der Waals surface area contributed by atoms with Gasteiger partial charge in [-0.1, -0.05) is 40.2 Å².